The van der Waals surface area contributed by atoms with Crippen molar-refractivity contribution in [3.63, 3.8) is 0 Å². The molecule has 0 atom stereocenters. The first-order valence-corrected chi connectivity index (χ1v) is 8.56. The minimum Gasteiger partial charge on any atom is -0.454 e. The lowest BCUT2D eigenvalue weighted by Gasteiger charge is -2.07. The van der Waals surface area contributed by atoms with Crippen LogP contribution in [-0.4, -0.2) is 22.7 Å². The summed E-state index contributed by atoms with van der Waals surface area (Å²) in [5.41, 5.74) is 1.96. The van der Waals surface area contributed by atoms with Gasteiger partial charge < -0.3 is 20.1 Å². The Bertz CT molecular complexity index is 979. The number of nitrogens with one attached hydrogen (secondary N) is 2. The Labute approximate surface area is 160 Å². The van der Waals surface area contributed by atoms with Gasteiger partial charge in [-0.2, -0.15) is 0 Å². The fourth-order valence-electron chi connectivity index (χ4n) is 2.54. The molecule has 27 heavy (non-hydrogen) atoms. The number of benzene rings is 2. The first-order valence-electron chi connectivity index (χ1n) is 8.19. The molecule has 0 spiro atoms. The van der Waals surface area contributed by atoms with Gasteiger partial charge in [0.05, 0.1) is 5.56 Å². The lowest BCUT2D eigenvalue weighted by atomic mass is 10.2. The summed E-state index contributed by atoms with van der Waals surface area (Å²) < 4.78 is 10.6. The van der Waals surface area contributed by atoms with Crippen molar-refractivity contribution in [1.82, 2.24) is 9.97 Å². The molecule has 0 fully saturated rings. The van der Waals surface area contributed by atoms with Gasteiger partial charge in [-0.3, -0.25) is 4.79 Å². The zero-order chi connectivity index (χ0) is 18.6. The van der Waals surface area contributed by atoms with E-state index in [2.05, 4.69) is 20.6 Å². The minimum atomic E-state index is -0.306. The number of fused-ring (bicyclic) bond motifs is 1. The van der Waals surface area contributed by atoms with Crippen molar-refractivity contribution in [1.29, 1.82) is 0 Å². The molecule has 0 saturated carbocycles. The molecule has 136 valence electrons. The molecule has 2 aromatic carbocycles. The van der Waals surface area contributed by atoms with Gasteiger partial charge in [0.1, 0.15) is 0 Å². The number of aromatic nitrogens is 2. The Morgan fingerprint density at radius 3 is 2.70 bits per heavy atom. The molecule has 7 nitrogen and oxygen atoms in total. The Morgan fingerprint density at radius 1 is 1.07 bits per heavy atom. The van der Waals surface area contributed by atoms with Crippen LogP contribution >= 0.6 is 11.6 Å². The van der Waals surface area contributed by atoms with Gasteiger partial charge in [-0.25, -0.2) is 9.97 Å². The predicted octanol–water partition coefficient (Wildman–Crippen LogP) is 3.72. The van der Waals surface area contributed by atoms with Gasteiger partial charge in [0.25, 0.3) is 5.91 Å². The molecule has 0 saturated heterocycles. The normalized spacial score (nSPS) is 11.9. The maximum atomic E-state index is 12.2. The lowest BCUT2D eigenvalue weighted by Crippen LogP contribution is -2.13. The van der Waals surface area contributed by atoms with Crippen LogP contribution in [0.3, 0.4) is 0 Å². The molecule has 4 rings (SSSR count). The number of amides is 1. The summed E-state index contributed by atoms with van der Waals surface area (Å²) in [6.07, 6.45) is 2.93. The molecule has 3 aromatic rings. The lowest BCUT2D eigenvalue weighted by molar-refractivity contribution is 0.102. The highest BCUT2D eigenvalue weighted by molar-refractivity contribution is 6.30. The number of nitrogens with zero attached hydrogens (tertiary/aromatic N) is 2. The van der Waals surface area contributed by atoms with E-state index in [1.54, 1.807) is 24.3 Å². The van der Waals surface area contributed by atoms with Crippen LogP contribution in [0.25, 0.3) is 0 Å². The first kappa shape index (κ1) is 17.1. The van der Waals surface area contributed by atoms with Crippen molar-refractivity contribution >= 4 is 29.1 Å². The van der Waals surface area contributed by atoms with Crippen LogP contribution in [0.4, 0.5) is 11.6 Å². The molecule has 0 aliphatic carbocycles. The maximum absolute atomic E-state index is 12.2. The fraction of sp³-hybridized carbons (Fsp3) is 0.105. The van der Waals surface area contributed by atoms with Crippen molar-refractivity contribution in [3.8, 4) is 11.5 Å². The monoisotopic (exact) mass is 382 g/mol. The molecular formula is C19H15ClN4O3. The van der Waals surface area contributed by atoms with Crippen molar-refractivity contribution in [2.45, 2.75) is 6.54 Å². The highest BCUT2D eigenvalue weighted by Crippen LogP contribution is 2.32. The number of hydrogen-bond donors (Lipinski definition) is 2. The van der Waals surface area contributed by atoms with Crippen molar-refractivity contribution in [2.24, 2.45) is 0 Å². The molecule has 2 heterocycles. The van der Waals surface area contributed by atoms with E-state index in [0.29, 0.717) is 28.8 Å². The van der Waals surface area contributed by atoms with Gasteiger partial charge in [-0.15, -0.1) is 0 Å². The van der Waals surface area contributed by atoms with Crippen molar-refractivity contribution in [2.75, 3.05) is 17.4 Å². The Hall–Kier alpha value is -3.32. The van der Waals surface area contributed by atoms with Gasteiger partial charge in [0.2, 0.25) is 12.7 Å². The number of ether oxygens (including phenoxy) is 2. The standard InChI is InChI=1S/C19H15ClN4O3/c20-14-2-1-3-15(7-14)24-18(25)13-9-22-19(23-10-13)21-8-12-4-5-16-17(6-12)27-11-26-16/h1-7,9-10H,8,11H2,(H,24,25)(H,21,22,23). The second-order valence-corrected chi connectivity index (χ2v) is 6.24. The van der Waals surface area contributed by atoms with Gasteiger partial charge in [-0.1, -0.05) is 23.7 Å². The Balaban J connectivity index is 1.36. The van der Waals surface area contributed by atoms with E-state index < -0.39 is 0 Å². The third-order valence-corrected chi connectivity index (χ3v) is 4.12. The first-order chi connectivity index (χ1) is 13.2. The molecule has 0 bridgehead atoms. The van der Waals surface area contributed by atoms with Crippen molar-refractivity contribution < 1.29 is 14.3 Å². The van der Waals surface area contributed by atoms with Gasteiger partial charge in [0, 0.05) is 29.6 Å². The van der Waals surface area contributed by atoms with E-state index in [-0.39, 0.29) is 12.7 Å². The number of halogens is 1. The molecule has 8 heteroatoms. The number of carbonyl (C=O) groups excluding carboxylic acids is 1. The van der Waals surface area contributed by atoms with E-state index in [0.717, 1.165) is 17.1 Å². The topological polar surface area (TPSA) is 85.4 Å². The second kappa shape index (κ2) is 7.51. The van der Waals surface area contributed by atoms with Crippen LogP contribution in [0.5, 0.6) is 11.5 Å². The summed E-state index contributed by atoms with van der Waals surface area (Å²) in [6.45, 7) is 0.763. The Morgan fingerprint density at radius 2 is 1.89 bits per heavy atom. The van der Waals surface area contributed by atoms with E-state index in [1.165, 1.54) is 12.4 Å². The Kier molecular flexibility index (Phi) is 4.76. The molecule has 2 N–H and O–H groups in total. The third kappa shape index (κ3) is 4.09. The van der Waals surface area contributed by atoms with Gasteiger partial charge >= 0.3 is 0 Å². The van der Waals surface area contributed by atoms with E-state index in [1.807, 2.05) is 18.2 Å². The van der Waals surface area contributed by atoms with E-state index in [9.17, 15) is 4.79 Å². The van der Waals surface area contributed by atoms with E-state index in [4.69, 9.17) is 21.1 Å². The zero-order valence-electron chi connectivity index (χ0n) is 14.1. The summed E-state index contributed by atoms with van der Waals surface area (Å²) >= 11 is 5.91. The predicted molar refractivity (Wildman–Crippen MR) is 101 cm³/mol. The number of rotatable bonds is 5. The zero-order valence-corrected chi connectivity index (χ0v) is 14.9. The summed E-state index contributed by atoms with van der Waals surface area (Å²) in [4.78, 5) is 20.6. The van der Waals surface area contributed by atoms with Crippen LogP contribution in [0.2, 0.25) is 5.02 Å². The van der Waals surface area contributed by atoms with Crippen LogP contribution in [0.15, 0.2) is 54.9 Å². The number of hydrogen-bond acceptors (Lipinski definition) is 6. The fourth-order valence-corrected chi connectivity index (χ4v) is 2.73. The van der Waals surface area contributed by atoms with Crippen molar-refractivity contribution in [3.05, 3.63) is 71.0 Å². The highest BCUT2D eigenvalue weighted by atomic mass is 35.5. The van der Waals surface area contributed by atoms with E-state index >= 15 is 0 Å². The molecular weight excluding hydrogens is 368 g/mol. The maximum Gasteiger partial charge on any atom is 0.258 e. The largest absolute Gasteiger partial charge is 0.454 e. The summed E-state index contributed by atoms with van der Waals surface area (Å²) in [5.74, 6) is 1.58. The van der Waals surface area contributed by atoms with Gasteiger partial charge in [-0.05, 0) is 35.9 Å². The third-order valence-electron chi connectivity index (χ3n) is 3.88. The second-order valence-electron chi connectivity index (χ2n) is 5.80. The summed E-state index contributed by atoms with van der Waals surface area (Å²) in [6, 6.07) is 12.6. The van der Waals surface area contributed by atoms with Crippen LogP contribution in [0, 0.1) is 0 Å². The van der Waals surface area contributed by atoms with Crippen LogP contribution in [-0.2, 0) is 6.54 Å². The average molecular weight is 383 g/mol. The molecule has 1 aromatic heterocycles. The number of anilines is 2. The SMILES string of the molecule is O=C(Nc1cccc(Cl)c1)c1cnc(NCc2ccc3c(c2)OCO3)nc1. The molecule has 0 unspecified atom stereocenters. The van der Waals surface area contributed by atoms with Gasteiger partial charge in [0.15, 0.2) is 11.5 Å². The summed E-state index contributed by atoms with van der Waals surface area (Å²) in [5, 5.41) is 6.41. The molecule has 1 aliphatic heterocycles. The number of carbonyl (C=O) groups is 1. The summed E-state index contributed by atoms with van der Waals surface area (Å²) in [7, 11) is 0. The molecule has 1 amide bonds. The highest BCUT2D eigenvalue weighted by Gasteiger charge is 2.13. The van der Waals surface area contributed by atoms with Crippen LogP contribution < -0.4 is 20.1 Å². The smallest absolute Gasteiger partial charge is 0.258 e. The van der Waals surface area contributed by atoms with Crippen LogP contribution in [0.1, 0.15) is 15.9 Å². The average Bonchev–Trinajstić information content (AvgIpc) is 3.14. The quantitative estimate of drug-likeness (QED) is 0.699. The molecule has 0 radical (unpaired) electrons. The minimum absolute atomic E-state index is 0.244. The molecule has 1 aliphatic rings.